The van der Waals surface area contributed by atoms with Crippen molar-refractivity contribution >= 4 is 18.0 Å². The number of carboxylic acid groups (broad SMARTS) is 1. The molecule has 0 unspecified atom stereocenters. The second-order valence-corrected chi connectivity index (χ2v) is 5.00. The van der Waals surface area contributed by atoms with Gasteiger partial charge in [-0.2, -0.15) is 0 Å². The van der Waals surface area contributed by atoms with Crippen LogP contribution in [0.4, 0.5) is 0 Å². The van der Waals surface area contributed by atoms with Crippen molar-refractivity contribution in [3.8, 4) is 0 Å². The maximum Gasteiger partial charge on any atom is 0.328 e. The normalized spacial score (nSPS) is 16.1. The summed E-state index contributed by atoms with van der Waals surface area (Å²) in [7, 11) is 0. The number of nitrogens with zero attached hydrogens (tertiary/aromatic N) is 1. The van der Waals surface area contributed by atoms with E-state index in [1.807, 2.05) is 4.90 Å². The molecule has 106 valence electrons. The molecule has 0 saturated carbocycles. The zero-order valence-corrected chi connectivity index (χ0v) is 11.4. The summed E-state index contributed by atoms with van der Waals surface area (Å²) in [5.41, 5.74) is 1.44. The number of likely N-dealkylation sites (tertiary alicyclic amines) is 1. The Labute approximate surface area is 118 Å². The summed E-state index contributed by atoms with van der Waals surface area (Å²) in [5.74, 6) is -0.907. The zero-order chi connectivity index (χ0) is 14.4. The molecule has 1 N–H and O–H groups in total. The summed E-state index contributed by atoms with van der Waals surface area (Å²) in [4.78, 5) is 24.7. The van der Waals surface area contributed by atoms with Crippen LogP contribution in [0.5, 0.6) is 0 Å². The van der Waals surface area contributed by atoms with Crippen molar-refractivity contribution < 1.29 is 14.7 Å². The fraction of sp³-hybridized carbons (Fsp3) is 0.375. The monoisotopic (exact) mass is 273 g/mol. The van der Waals surface area contributed by atoms with E-state index in [9.17, 15) is 9.59 Å². The van der Waals surface area contributed by atoms with Gasteiger partial charge in [0.1, 0.15) is 0 Å². The Morgan fingerprint density at radius 3 is 2.15 bits per heavy atom. The third-order valence-corrected chi connectivity index (χ3v) is 3.47. The minimum absolute atomic E-state index is 0.0701. The Kier molecular flexibility index (Phi) is 4.93. The van der Waals surface area contributed by atoms with Gasteiger partial charge in [-0.05, 0) is 36.6 Å². The van der Waals surface area contributed by atoms with Crippen LogP contribution in [0.15, 0.2) is 30.3 Å². The number of amides is 1. The van der Waals surface area contributed by atoms with Gasteiger partial charge in [-0.3, -0.25) is 4.79 Å². The van der Waals surface area contributed by atoms with Crippen LogP contribution in [-0.4, -0.2) is 35.0 Å². The number of hydrogen-bond acceptors (Lipinski definition) is 2. The molecule has 1 aliphatic rings. The molecule has 0 radical (unpaired) electrons. The third kappa shape index (κ3) is 3.95. The molecular formula is C16H19NO3. The minimum atomic E-state index is -0.977. The van der Waals surface area contributed by atoms with E-state index in [1.165, 1.54) is 18.9 Å². The van der Waals surface area contributed by atoms with Crippen LogP contribution in [-0.2, 0) is 4.79 Å². The van der Waals surface area contributed by atoms with Crippen molar-refractivity contribution in [3.05, 3.63) is 41.5 Å². The van der Waals surface area contributed by atoms with Gasteiger partial charge in [0.15, 0.2) is 0 Å². The molecule has 1 aromatic rings. The Bertz CT molecular complexity index is 497. The SMILES string of the molecule is O=C(O)C=Cc1ccc(C(=O)N2CCCCCC2)cc1. The molecule has 4 heteroatoms. The summed E-state index contributed by atoms with van der Waals surface area (Å²) in [6.45, 7) is 1.67. The lowest BCUT2D eigenvalue weighted by Crippen LogP contribution is -2.31. The van der Waals surface area contributed by atoms with E-state index in [4.69, 9.17) is 5.11 Å². The standard InChI is InChI=1S/C16H19NO3/c18-15(19)10-7-13-5-8-14(9-6-13)16(20)17-11-3-1-2-4-12-17/h5-10H,1-4,11-12H2,(H,18,19). The summed E-state index contributed by atoms with van der Waals surface area (Å²) in [6, 6.07) is 7.05. The molecule has 20 heavy (non-hydrogen) atoms. The van der Waals surface area contributed by atoms with Crippen LogP contribution in [0.3, 0.4) is 0 Å². The van der Waals surface area contributed by atoms with Crippen LogP contribution in [0.25, 0.3) is 6.08 Å². The first-order chi connectivity index (χ1) is 9.66. The Morgan fingerprint density at radius 2 is 1.60 bits per heavy atom. The van der Waals surface area contributed by atoms with Crippen molar-refractivity contribution in [3.63, 3.8) is 0 Å². The van der Waals surface area contributed by atoms with Gasteiger partial charge in [-0.25, -0.2) is 4.79 Å². The Morgan fingerprint density at radius 1 is 1.00 bits per heavy atom. The zero-order valence-electron chi connectivity index (χ0n) is 11.4. The molecule has 0 atom stereocenters. The molecule has 1 amide bonds. The molecule has 4 nitrogen and oxygen atoms in total. The van der Waals surface area contributed by atoms with Crippen molar-refractivity contribution in [1.29, 1.82) is 0 Å². The van der Waals surface area contributed by atoms with Crippen LogP contribution < -0.4 is 0 Å². The first-order valence-corrected chi connectivity index (χ1v) is 6.97. The highest BCUT2D eigenvalue weighted by Gasteiger charge is 2.16. The fourth-order valence-corrected chi connectivity index (χ4v) is 2.36. The molecule has 1 saturated heterocycles. The average molecular weight is 273 g/mol. The average Bonchev–Trinajstić information content (AvgIpc) is 2.74. The van der Waals surface area contributed by atoms with Gasteiger partial charge < -0.3 is 10.0 Å². The summed E-state index contributed by atoms with van der Waals surface area (Å²) in [6.07, 6.45) is 7.15. The van der Waals surface area contributed by atoms with Crippen molar-refractivity contribution in [2.45, 2.75) is 25.7 Å². The molecule has 1 aromatic carbocycles. The first kappa shape index (κ1) is 14.3. The third-order valence-electron chi connectivity index (χ3n) is 3.47. The van der Waals surface area contributed by atoms with Crippen LogP contribution in [0.2, 0.25) is 0 Å². The van der Waals surface area contributed by atoms with E-state index < -0.39 is 5.97 Å². The number of rotatable bonds is 3. The molecule has 0 aromatic heterocycles. The Balaban J connectivity index is 2.04. The van der Waals surface area contributed by atoms with Crippen LogP contribution in [0.1, 0.15) is 41.6 Å². The number of carbonyl (C=O) groups excluding carboxylic acids is 1. The molecule has 0 bridgehead atoms. The summed E-state index contributed by atoms with van der Waals surface area (Å²) in [5, 5.41) is 8.57. The summed E-state index contributed by atoms with van der Waals surface area (Å²) < 4.78 is 0. The number of hydrogen-bond donors (Lipinski definition) is 1. The van der Waals surface area contributed by atoms with E-state index in [0.29, 0.717) is 5.56 Å². The summed E-state index contributed by atoms with van der Waals surface area (Å²) >= 11 is 0. The number of carboxylic acids is 1. The minimum Gasteiger partial charge on any atom is -0.478 e. The van der Waals surface area contributed by atoms with Gasteiger partial charge in [0, 0.05) is 24.7 Å². The maximum absolute atomic E-state index is 12.3. The molecule has 0 spiro atoms. The highest BCUT2D eigenvalue weighted by Crippen LogP contribution is 2.14. The molecule has 1 fully saturated rings. The topological polar surface area (TPSA) is 57.6 Å². The number of aliphatic carboxylic acids is 1. The second kappa shape index (κ2) is 6.89. The molecular weight excluding hydrogens is 254 g/mol. The second-order valence-electron chi connectivity index (χ2n) is 5.00. The lowest BCUT2D eigenvalue weighted by molar-refractivity contribution is -0.131. The van der Waals surface area contributed by atoms with Gasteiger partial charge in [0.2, 0.25) is 0 Å². The molecule has 1 aliphatic heterocycles. The molecule has 2 rings (SSSR count). The van der Waals surface area contributed by atoms with Gasteiger partial charge in [0.05, 0.1) is 0 Å². The van der Waals surface area contributed by atoms with Gasteiger partial charge in [-0.15, -0.1) is 0 Å². The smallest absolute Gasteiger partial charge is 0.328 e. The van der Waals surface area contributed by atoms with E-state index in [0.717, 1.165) is 37.6 Å². The highest BCUT2D eigenvalue weighted by molar-refractivity contribution is 5.94. The van der Waals surface area contributed by atoms with Crippen molar-refractivity contribution in [2.24, 2.45) is 0 Å². The lowest BCUT2D eigenvalue weighted by Gasteiger charge is -2.20. The fourth-order valence-electron chi connectivity index (χ4n) is 2.36. The van der Waals surface area contributed by atoms with Crippen LogP contribution >= 0.6 is 0 Å². The van der Waals surface area contributed by atoms with Gasteiger partial charge in [0.25, 0.3) is 5.91 Å². The van der Waals surface area contributed by atoms with E-state index in [1.54, 1.807) is 24.3 Å². The predicted octanol–water partition coefficient (Wildman–Crippen LogP) is 2.80. The van der Waals surface area contributed by atoms with E-state index in [-0.39, 0.29) is 5.91 Å². The molecule has 1 heterocycles. The Hall–Kier alpha value is -2.10. The number of carbonyl (C=O) groups is 2. The number of benzene rings is 1. The van der Waals surface area contributed by atoms with Gasteiger partial charge >= 0.3 is 5.97 Å². The van der Waals surface area contributed by atoms with Crippen molar-refractivity contribution in [1.82, 2.24) is 4.90 Å². The highest BCUT2D eigenvalue weighted by atomic mass is 16.4. The largest absolute Gasteiger partial charge is 0.478 e. The van der Waals surface area contributed by atoms with E-state index in [2.05, 4.69) is 0 Å². The van der Waals surface area contributed by atoms with E-state index >= 15 is 0 Å². The molecule has 0 aliphatic carbocycles. The first-order valence-electron chi connectivity index (χ1n) is 6.97. The van der Waals surface area contributed by atoms with Gasteiger partial charge in [-0.1, -0.05) is 25.0 Å². The maximum atomic E-state index is 12.3. The quantitative estimate of drug-likeness (QED) is 0.861. The predicted molar refractivity (Wildman–Crippen MR) is 77.5 cm³/mol. The lowest BCUT2D eigenvalue weighted by atomic mass is 10.1. The van der Waals surface area contributed by atoms with Crippen molar-refractivity contribution in [2.75, 3.05) is 13.1 Å². The van der Waals surface area contributed by atoms with Crippen LogP contribution in [0, 0.1) is 0 Å².